The molecular formula is C17H18O8. The predicted octanol–water partition coefficient (Wildman–Crippen LogP) is 1.46. The summed E-state index contributed by atoms with van der Waals surface area (Å²) in [6.07, 6.45) is 1.12. The van der Waals surface area contributed by atoms with E-state index in [0.29, 0.717) is 6.29 Å². The summed E-state index contributed by atoms with van der Waals surface area (Å²) < 4.78 is 19.5. The number of methoxy groups -OCH3 is 2. The zero-order valence-corrected chi connectivity index (χ0v) is 14.0. The van der Waals surface area contributed by atoms with Crippen molar-refractivity contribution in [2.45, 2.75) is 19.4 Å². The van der Waals surface area contributed by atoms with Crippen molar-refractivity contribution in [3.8, 4) is 11.5 Å². The lowest BCUT2D eigenvalue weighted by Gasteiger charge is -2.16. The first-order chi connectivity index (χ1) is 12.0. The molecule has 0 spiro atoms. The Morgan fingerprint density at radius 2 is 1.80 bits per heavy atom. The average Bonchev–Trinajstić information content (AvgIpc) is 2.63. The van der Waals surface area contributed by atoms with Gasteiger partial charge >= 0.3 is 17.9 Å². The Hall–Kier alpha value is -3.16. The van der Waals surface area contributed by atoms with Crippen molar-refractivity contribution in [3.05, 3.63) is 35.9 Å². The van der Waals surface area contributed by atoms with Crippen LogP contribution in [0, 0.1) is 0 Å². The number of hydrogen-bond donors (Lipinski definition) is 0. The second-order valence-electron chi connectivity index (χ2n) is 4.61. The normalized spacial score (nSPS) is 11.5. The van der Waals surface area contributed by atoms with Gasteiger partial charge in [0.15, 0.2) is 23.9 Å². The van der Waals surface area contributed by atoms with E-state index < -0.39 is 24.0 Å². The van der Waals surface area contributed by atoms with Gasteiger partial charge in [0, 0.05) is 12.2 Å². The SMILES string of the molecule is CCC(OC(=O)/C=C/C(=O)OC)C(=O)Oc1c(C=O)cccc1OC. The lowest BCUT2D eigenvalue weighted by molar-refractivity contribution is -0.159. The summed E-state index contributed by atoms with van der Waals surface area (Å²) in [4.78, 5) is 45.9. The third kappa shape index (κ3) is 5.76. The number of hydrogen-bond acceptors (Lipinski definition) is 8. The molecule has 1 atom stereocenters. The minimum atomic E-state index is -1.22. The van der Waals surface area contributed by atoms with E-state index in [-0.39, 0.29) is 23.5 Å². The van der Waals surface area contributed by atoms with Gasteiger partial charge < -0.3 is 18.9 Å². The Morgan fingerprint density at radius 1 is 1.12 bits per heavy atom. The number of benzene rings is 1. The van der Waals surface area contributed by atoms with Crippen molar-refractivity contribution in [1.82, 2.24) is 0 Å². The molecule has 0 bridgehead atoms. The number of aldehydes is 1. The molecule has 0 radical (unpaired) electrons. The molecule has 0 amide bonds. The van der Waals surface area contributed by atoms with Crippen LogP contribution in [-0.2, 0) is 23.9 Å². The lowest BCUT2D eigenvalue weighted by Crippen LogP contribution is -2.30. The van der Waals surface area contributed by atoms with E-state index >= 15 is 0 Å². The third-order valence-electron chi connectivity index (χ3n) is 3.01. The van der Waals surface area contributed by atoms with Crippen molar-refractivity contribution in [1.29, 1.82) is 0 Å². The lowest BCUT2D eigenvalue weighted by atomic mass is 10.2. The summed E-state index contributed by atoms with van der Waals surface area (Å²) in [6, 6.07) is 4.53. The van der Waals surface area contributed by atoms with Crippen LogP contribution in [0.25, 0.3) is 0 Å². The van der Waals surface area contributed by atoms with Gasteiger partial charge in [0.25, 0.3) is 0 Å². The molecule has 0 aromatic heterocycles. The topological polar surface area (TPSA) is 105 Å². The van der Waals surface area contributed by atoms with Crippen LogP contribution in [0.15, 0.2) is 30.4 Å². The standard InChI is InChI=1S/C17H18O8/c1-4-12(24-15(20)9-8-14(19)23-3)17(21)25-16-11(10-18)6-5-7-13(16)22-2/h5-10,12H,4H2,1-3H3/b9-8+. The zero-order chi connectivity index (χ0) is 18.8. The molecular weight excluding hydrogens is 332 g/mol. The van der Waals surface area contributed by atoms with Gasteiger partial charge in [0.1, 0.15) is 0 Å². The van der Waals surface area contributed by atoms with E-state index in [1.807, 2.05) is 0 Å². The Bertz CT molecular complexity index is 677. The van der Waals surface area contributed by atoms with Gasteiger partial charge in [-0.05, 0) is 18.6 Å². The van der Waals surface area contributed by atoms with Gasteiger partial charge in [-0.25, -0.2) is 14.4 Å². The van der Waals surface area contributed by atoms with E-state index in [0.717, 1.165) is 19.3 Å². The highest BCUT2D eigenvalue weighted by Gasteiger charge is 2.25. The number of esters is 3. The number of carbonyl (C=O) groups excluding carboxylic acids is 4. The van der Waals surface area contributed by atoms with Crippen LogP contribution in [0.3, 0.4) is 0 Å². The predicted molar refractivity (Wildman–Crippen MR) is 85.3 cm³/mol. The molecule has 8 heteroatoms. The first kappa shape index (κ1) is 19.9. The van der Waals surface area contributed by atoms with E-state index in [1.54, 1.807) is 13.0 Å². The van der Waals surface area contributed by atoms with Crippen molar-refractivity contribution in [3.63, 3.8) is 0 Å². The van der Waals surface area contributed by atoms with Crippen molar-refractivity contribution >= 4 is 24.2 Å². The van der Waals surface area contributed by atoms with Crippen molar-refractivity contribution in [2.24, 2.45) is 0 Å². The summed E-state index contributed by atoms with van der Waals surface area (Å²) in [5, 5.41) is 0. The number of carbonyl (C=O) groups is 4. The maximum Gasteiger partial charge on any atom is 0.352 e. The molecule has 1 aromatic carbocycles. The van der Waals surface area contributed by atoms with E-state index in [9.17, 15) is 19.2 Å². The van der Waals surface area contributed by atoms with Crippen LogP contribution in [0.5, 0.6) is 11.5 Å². The molecule has 0 saturated carbocycles. The summed E-state index contributed by atoms with van der Waals surface area (Å²) in [7, 11) is 2.51. The van der Waals surface area contributed by atoms with Crippen LogP contribution in [0.4, 0.5) is 0 Å². The molecule has 0 aliphatic carbocycles. The number of rotatable bonds is 8. The van der Waals surface area contributed by atoms with Crippen LogP contribution in [0.2, 0.25) is 0 Å². The molecule has 1 unspecified atom stereocenters. The molecule has 1 rings (SSSR count). The van der Waals surface area contributed by atoms with Gasteiger partial charge in [-0.1, -0.05) is 13.0 Å². The smallest absolute Gasteiger partial charge is 0.352 e. The molecule has 8 nitrogen and oxygen atoms in total. The van der Waals surface area contributed by atoms with Crippen molar-refractivity contribution < 1.29 is 38.1 Å². The molecule has 0 heterocycles. The second kappa shape index (κ2) is 9.86. The summed E-state index contributed by atoms with van der Waals surface area (Å²) in [6.45, 7) is 1.60. The Balaban J connectivity index is 2.87. The number of ether oxygens (including phenoxy) is 4. The third-order valence-corrected chi connectivity index (χ3v) is 3.01. The zero-order valence-electron chi connectivity index (χ0n) is 14.0. The number of para-hydroxylation sites is 1. The fourth-order valence-electron chi connectivity index (χ4n) is 1.74. The van der Waals surface area contributed by atoms with E-state index in [1.165, 1.54) is 19.2 Å². The molecule has 0 N–H and O–H groups in total. The molecule has 25 heavy (non-hydrogen) atoms. The van der Waals surface area contributed by atoms with Crippen LogP contribution in [-0.4, -0.2) is 44.5 Å². The van der Waals surface area contributed by atoms with Gasteiger partial charge in [0.05, 0.1) is 19.8 Å². The molecule has 0 saturated heterocycles. The minimum absolute atomic E-state index is 0.0652. The van der Waals surface area contributed by atoms with Gasteiger partial charge in [-0.15, -0.1) is 0 Å². The van der Waals surface area contributed by atoms with Crippen LogP contribution >= 0.6 is 0 Å². The quantitative estimate of drug-likeness (QED) is 0.300. The molecule has 0 aliphatic heterocycles. The average molecular weight is 350 g/mol. The molecule has 0 fully saturated rings. The fourth-order valence-corrected chi connectivity index (χ4v) is 1.74. The first-order valence-corrected chi connectivity index (χ1v) is 7.27. The minimum Gasteiger partial charge on any atom is -0.493 e. The second-order valence-corrected chi connectivity index (χ2v) is 4.61. The largest absolute Gasteiger partial charge is 0.493 e. The maximum atomic E-state index is 12.2. The van der Waals surface area contributed by atoms with Crippen LogP contribution in [0.1, 0.15) is 23.7 Å². The molecule has 1 aromatic rings. The summed E-state index contributed by atoms with van der Waals surface area (Å²) in [5.74, 6) is -2.41. The molecule has 134 valence electrons. The van der Waals surface area contributed by atoms with Gasteiger partial charge in [0.2, 0.25) is 0 Å². The Labute approximate surface area is 144 Å². The van der Waals surface area contributed by atoms with Gasteiger partial charge in [-0.2, -0.15) is 0 Å². The maximum absolute atomic E-state index is 12.2. The van der Waals surface area contributed by atoms with Crippen molar-refractivity contribution in [2.75, 3.05) is 14.2 Å². The fraction of sp³-hybridized carbons (Fsp3) is 0.294. The summed E-state index contributed by atoms with van der Waals surface area (Å²) >= 11 is 0. The van der Waals surface area contributed by atoms with Gasteiger partial charge in [-0.3, -0.25) is 4.79 Å². The highest BCUT2D eigenvalue weighted by Crippen LogP contribution is 2.30. The monoisotopic (exact) mass is 350 g/mol. The highest BCUT2D eigenvalue weighted by atomic mass is 16.6. The Morgan fingerprint density at radius 3 is 2.36 bits per heavy atom. The summed E-state index contributed by atoms with van der Waals surface area (Å²) in [5.41, 5.74) is 0.111. The first-order valence-electron chi connectivity index (χ1n) is 7.27. The molecule has 0 aliphatic rings. The van der Waals surface area contributed by atoms with Crippen LogP contribution < -0.4 is 9.47 Å². The van der Waals surface area contributed by atoms with E-state index in [2.05, 4.69) is 4.74 Å². The van der Waals surface area contributed by atoms with E-state index in [4.69, 9.17) is 14.2 Å². The Kier molecular flexibility index (Phi) is 7.85. The highest BCUT2D eigenvalue weighted by molar-refractivity contribution is 5.93.